The minimum atomic E-state index is -0.368. The Morgan fingerprint density at radius 2 is 1.48 bits per heavy atom. The Balaban J connectivity index is 1.33. The van der Waals surface area contributed by atoms with Crippen molar-refractivity contribution in [3.05, 3.63) is 90.5 Å². The molecule has 9 heteroatoms. The van der Waals surface area contributed by atoms with Gasteiger partial charge in [0.2, 0.25) is 0 Å². The summed E-state index contributed by atoms with van der Waals surface area (Å²) in [5.74, 6) is 0.698. The highest BCUT2D eigenvalue weighted by Crippen LogP contribution is 2.31. The van der Waals surface area contributed by atoms with Crippen molar-refractivity contribution in [3.63, 3.8) is 0 Å². The van der Waals surface area contributed by atoms with Crippen molar-refractivity contribution in [2.75, 3.05) is 79.9 Å². The lowest BCUT2D eigenvalue weighted by Crippen LogP contribution is -2.47. The predicted molar refractivity (Wildman–Crippen MR) is 181 cm³/mol. The molecule has 0 atom stereocenters. The molecule has 4 aromatic rings. The molecule has 0 aromatic heterocycles. The second-order valence-electron chi connectivity index (χ2n) is 10.8. The van der Waals surface area contributed by atoms with E-state index in [1.165, 1.54) is 0 Å². The zero-order valence-corrected chi connectivity index (χ0v) is 25.8. The van der Waals surface area contributed by atoms with E-state index in [0.29, 0.717) is 17.8 Å². The Morgan fingerprint density at radius 1 is 0.795 bits per heavy atom. The van der Waals surface area contributed by atoms with E-state index in [1.807, 2.05) is 72.8 Å². The first-order valence-corrected chi connectivity index (χ1v) is 15.3. The van der Waals surface area contributed by atoms with E-state index < -0.39 is 0 Å². The van der Waals surface area contributed by atoms with E-state index in [1.54, 1.807) is 13.2 Å². The molecular formula is C35H42N6O3. The average Bonchev–Trinajstić information content (AvgIpc) is 3.07. The van der Waals surface area contributed by atoms with Crippen LogP contribution in [0.2, 0.25) is 0 Å². The smallest absolute Gasteiger partial charge is 0.323 e. The number of para-hydroxylation sites is 2. The van der Waals surface area contributed by atoms with Crippen molar-refractivity contribution in [3.8, 4) is 5.75 Å². The Bertz CT molecular complexity index is 1570. The third-order valence-electron chi connectivity index (χ3n) is 8.19. The molecule has 9 nitrogen and oxygen atoms in total. The molecule has 1 fully saturated rings. The Kier molecular flexibility index (Phi) is 10.2. The number of hydrogen-bond donors (Lipinski definition) is 3. The number of carbonyl (C=O) groups is 2. The van der Waals surface area contributed by atoms with Gasteiger partial charge in [-0.3, -0.25) is 4.79 Å². The maximum atomic E-state index is 13.6. The van der Waals surface area contributed by atoms with Gasteiger partial charge in [0.1, 0.15) is 5.75 Å². The Labute approximate surface area is 259 Å². The fourth-order valence-corrected chi connectivity index (χ4v) is 5.73. The van der Waals surface area contributed by atoms with Gasteiger partial charge in [0.15, 0.2) is 0 Å². The Hall–Kier alpha value is -4.76. The lowest BCUT2D eigenvalue weighted by molar-refractivity contribution is 0.0949. The van der Waals surface area contributed by atoms with Crippen LogP contribution in [0.5, 0.6) is 5.75 Å². The molecule has 0 unspecified atom stereocenters. The minimum Gasteiger partial charge on any atom is -0.495 e. The number of anilines is 4. The standard InChI is InChI=1S/C35H42N6O3/c1-4-39(5-2)20-19-36-34(42)29-25-27(37-35(43)38-30-14-10-12-26-11-6-7-13-28(26)30)17-18-31(29)40-21-23-41(24-22-40)32-15-8-9-16-33(32)44-3/h6-18,25H,4-5,19-24H2,1-3H3,(H,36,42)(H2,37,38,43). The fraction of sp³-hybridized carbons (Fsp3) is 0.314. The quantitative estimate of drug-likeness (QED) is 0.201. The molecule has 0 bridgehead atoms. The lowest BCUT2D eigenvalue weighted by atomic mass is 10.1. The monoisotopic (exact) mass is 594 g/mol. The predicted octanol–water partition coefficient (Wildman–Crippen LogP) is 5.89. The minimum absolute atomic E-state index is 0.155. The molecule has 1 aliphatic rings. The normalized spacial score (nSPS) is 13.2. The third kappa shape index (κ3) is 7.23. The van der Waals surface area contributed by atoms with Crippen molar-refractivity contribution in [1.29, 1.82) is 0 Å². The van der Waals surface area contributed by atoms with Gasteiger partial charge >= 0.3 is 6.03 Å². The van der Waals surface area contributed by atoms with E-state index in [0.717, 1.165) is 79.4 Å². The summed E-state index contributed by atoms with van der Waals surface area (Å²) >= 11 is 0. The van der Waals surface area contributed by atoms with Crippen LogP contribution in [0.4, 0.5) is 27.5 Å². The summed E-state index contributed by atoms with van der Waals surface area (Å²) in [5.41, 5.74) is 3.73. The summed E-state index contributed by atoms with van der Waals surface area (Å²) in [4.78, 5) is 33.5. The number of ether oxygens (including phenoxy) is 1. The zero-order chi connectivity index (χ0) is 30.9. The van der Waals surface area contributed by atoms with Gasteiger partial charge in [0.05, 0.1) is 24.0 Å². The maximum absolute atomic E-state index is 13.6. The summed E-state index contributed by atoms with van der Waals surface area (Å²) in [6, 6.07) is 27.0. The van der Waals surface area contributed by atoms with Gasteiger partial charge in [-0.2, -0.15) is 0 Å². The summed E-state index contributed by atoms with van der Waals surface area (Å²) in [5, 5.41) is 11.0. The van der Waals surface area contributed by atoms with Crippen molar-refractivity contribution >= 4 is 45.5 Å². The highest BCUT2D eigenvalue weighted by molar-refractivity contribution is 6.07. The molecular weight excluding hydrogens is 552 g/mol. The number of hydrogen-bond acceptors (Lipinski definition) is 6. The molecule has 230 valence electrons. The summed E-state index contributed by atoms with van der Waals surface area (Å²) < 4.78 is 5.58. The molecule has 0 aliphatic carbocycles. The van der Waals surface area contributed by atoms with E-state index in [2.05, 4.69) is 50.6 Å². The number of fused-ring (bicyclic) bond motifs is 1. The van der Waals surface area contributed by atoms with E-state index >= 15 is 0 Å². The van der Waals surface area contributed by atoms with E-state index in [4.69, 9.17) is 4.74 Å². The van der Waals surface area contributed by atoms with Crippen molar-refractivity contribution < 1.29 is 14.3 Å². The molecule has 0 spiro atoms. The number of rotatable bonds is 11. The number of piperazine rings is 1. The van der Waals surface area contributed by atoms with Crippen LogP contribution >= 0.6 is 0 Å². The van der Waals surface area contributed by atoms with Crippen LogP contribution in [-0.2, 0) is 0 Å². The van der Waals surface area contributed by atoms with Crippen molar-refractivity contribution in [1.82, 2.24) is 10.2 Å². The number of likely N-dealkylation sites (N-methyl/N-ethyl adjacent to an activating group) is 1. The van der Waals surface area contributed by atoms with Gasteiger partial charge in [0.25, 0.3) is 5.91 Å². The number of benzene rings is 4. The van der Waals surface area contributed by atoms with Crippen LogP contribution in [0, 0.1) is 0 Å². The number of urea groups is 1. The molecule has 3 amide bonds. The van der Waals surface area contributed by atoms with Gasteiger partial charge in [-0.05, 0) is 54.9 Å². The molecule has 5 rings (SSSR count). The van der Waals surface area contributed by atoms with E-state index in [9.17, 15) is 9.59 Å². The third-order valence-corrected chi connectivity index (χ3v) is 8.19. The summed E-state index contributed by atoms with van der Waals surface area (Å²) in [6.07, 6.45) is 0. The number of methoxy groups -OCH3 is 1. The van der Waals surface area contributed by atoms with Crippen LogP contribution < -0.4 is 30.5 Å². The largest absolute Gasteiger partial charge is 0.495 e. The van der Waals surface area contributed by atoms with Crippen LogP contribution in [-0.4, -0.2) is 76.3 Å². The van der Waals surface area contributed by atoms with Crippen molar-refractivity contribution in [2.24, 2.45) is 0 Å². The van der Waals surface area contributed by atoms with Crippen LogP contribution in [0.15, 0.2) is 84.9 Å². The molecule has 1 heterocycles. The first kappa shape index (κ1) is 30.7. The Morgan fingerprint density at radius 3 is 2.23 bits per heavy atom. The van der Waals surface area contributed by atoms with Crippen LogP contribution in [0.25, 0.3) is 10.8 Å². The second kappa shape index (κ2) is 14.6. The lowest BCUT2D eigenvalue weighted by Gasteiger charge is -2.38. The topological polar surface area (TPSA) is 89.2 Å². The highest BCUT2D eigenvalue weighted by Gasteiger charge is 2.24. The number of nitrogens with zero attached hydrogens (tertiary/aromatic N) is 3. The molecule has 4 aromatic carbocycles. The van der Waals surface area contributed by atoms with Gasteiger partial charge < -0.3 is 35.4 Å². The van der Waals surface area contributed by atoms with Gasteiger partial charge in [0, 0.05) is 56.0 Å². The molecule has 3 N–H and O–H groups in total. The van der Waals surface area contributed by atoms with Crippen LogP contribution in [0.1, 0.15) is 24.2 Å². The summed E-state index contributed by atoms with van der Waals surface area (Å²) in [6.45, 7) is 10.5. The summed E-state index contributed by atoms with van der Waals surface area (Å²) in [7, 11) is 1.69. The number of amides is 3. The SMILES string of the molecule is CCN(CC)CCNC(=O)c1cc(NC(=O)Nc2cccc3ccccc23)ccc1N1CCN(c2ccccc2OC)CC1. The first-order chi connectivity index (χ1) is 21.5. The molecule has 44 heavy (non-hydrogen) atoms. The number of nitrogens with one attached hydrogen (secondary N) is 3. The maximum Gasteiger partial charge on any atom is 0.323 e. The average molecular weight is 595 g/mol. The van der Waals surface area contributed by atoms with Gasteiger partial charge in [-0.1, -0.05) is 62.4 Å². The van der Waals surface area contributed by atoms with Gasteiger partial charge in [-0.25, -0.2) is 4.79 Å². The zero-order valence-electron chi connectivity index (χ0n) is 25.8. The van der Waals surface area contributed by atoms with Gasteiger partial charge in [-0.15, -0.1) is 0 Å². The molecule has 1 aliphatic heterocycles. The highest BCUT2D eigenvalue weighted by atomic mass is 16.5. The molecule has 0 saturated carbocycles. The van der Waals surface area contributed by atoms with Crippen molar-refractivity contribution in [2.45, 2.75) is 13.8 Å². The first-order valence-electron chi connectivity index (χ1n) is 15.3. The fourth-order valence-electron chi connectivity index (χ4n) is 5.73. The second-order valence-corrected chi connectivity index (χ2v) is 10.8. The molecule has 0 radical (unpaired) electrons. The number of carbonyl (C=O) groups excluding carboxylic acids is 2. The van der Waals surface area contributed by atoms with Crippen LogP contribution in [0.3, 0.4) is 0 Å². The van der Waals surface area contributed by atoms with E-state index in [-0.39, 0.29) is 11.9 Å². The molecule has 1 saturated heterocycles.